The number of hydrogen-bond donors (Lipinski definition) is 0. The summed E-state index contributed by atoms with van der Waals surface area (Å²) in [7, 11) is 1.93. The third-order valence-corrected chi connectivity index (χ3v) is 3.37. The van der Waals surface area contributed by atoms with Crippen LogP contribution in [0.2, 0.25) is 0 Å². The zero-order valence-corrected chi connectivity index (χ0v) is 10.6. The van der Waals surface area contributed by atoms with Gasteiger partial charge in [0.25, 0.3) is 5.56 Å². The van der Waals surface area contributed by atoms with Crippen molar-refractivity contribution in [3.05, 3.63) is 19.6 Å². The van der Waals surface area contributed by atoms with Gasteiger partial charge in [0, 0.05) is 13.6 Å². The predicted molar refractivity (Wildman–Crippen MR) is 62.0 cm³/mol. The summed E-state index contributed by atoms with van der Waals surface area (Å²) in [4.78, 5) is 11.7. The van der Waals surface area contributed by atoms with E-state index in [-0.39, 0.29) is 5.56 Å². The van der Waals surface area contributed by atoms with E-state index < -0.39 is 0 Å². The maximum atomic E-state index is 11.7. The molecule has 0 radical (unpaired) electrons. The van der Waals surface area contributed by atoms with E-state index in [1.165, 1.54) is 0 Å². The lowest BCUT2D eigenvalue weighted by Gasteiger charge is -2.10. The third-order valence-electron chi connectivity index (χ3n) is 2.13. The Hall–Kier alpha value is -0.260. The molecular formula is C9H15IN2O. The summed E-state index contributed by atoms with van der Waals surface area (Å²) in [5.74, 6) is 0.501. The van der Waals surface area contributed by atoms with Gasteiger partial charge in [-0.15, -0.1) is 0 Å². The van der Waals surface area contributed by atoms with E-state index in [1.807, 2.05) is 18.7 Å². The number of aromatic nitrogens is 2. The van der Waals surface area contributed by atoms with E-state index >= 15 is 0 Å². The van der Waals surface area contributed by atoms with Crippen molar-refractivity contribution >= 4 is 22.6 Å². The second-order valence-corrected chi connectivity index (χ2v) is 4.78. The zero-order chi connectivity index (χ0) is 10.2. The van der Waals surface area contributed by atoms with Crippen molar-refractivity contribution in [2.75, 3.05) is 0 Å². The van der Waals surface area contributed by atoms with Gasteiger partial charge in [0.1, 0.15) is 3.57 Å². The van der Waals surface area contributed by atoms with Crippen molar-refractivity contribution in [3.63, 3.8) is 0 Å². The van der Waals surface area contributed by atoms with Gasteiger partial charge in [-0.25, -0.2) is 4.68 Å². The molecule has 1 heterocycles. The second kappa shape index (κ2) is 3.86. The minimum atomic E-state index is 0.134. The first-order valence-corrected chi connectivity index (χ1v) is 5.45. The quantitative estimate of drug-likeness (QED) is 0.764. The molecule has 0 aromatic carbocycles. The van der Waals surface area contributed by atoms with Crippen molar-refractivity contribution in [3.8, 4) is 0 Å². The molecule has 0 N–H and O–H groups in total. The minimum Gasteiger partial charge on any atom is -0.289 e. The molecule has 0 saturated carbocycles. The van der Waals surface area contributed by atoms with Crippen LogP contribution in [0.5, 0.6) is 0 Å². The molecule has 0 aliphatic heterocycles. The van der Waals surface area contributed by atoms with E-state index in [0.29, 0.717) is 5.92 Å². The van der Waals surface area contributed by atoms with Gasteiger partial charge >= 0.3 is 0 Å². The van der Waals surface area contributed by atoms with Crippen LogP contribution in [-0.2, 0) is 13.6 Å². The first-order valence-electron chi connectivity index (χ1n) is 4.37. The van der Waals surface area contributed by atoms with E-state index in [4.69, 9.17) is 0 Å². The highest BCUT2D eigenvalue weighted by molar-refractivity contribution is 14.1. The Morgan fingerprint density at radius 2 is 2.00 bits per heavy atom. The summed E-state index contributed by atoms with van der Waals surface area (Å²) in [6, 6.07) is 0. The Bertz CT molecular complexity index is 362. The molecule has 0 saturated heterocycles. The molecule has 1 aromatic rings. The van der Waals surface area contributed by atoms with Crippen LogP contribution >= 0.6 is 22.6 Å². The van der Waals surface area contributed by atoms with Gasteiger partial charge in [0.2, 0.25) is 0 Å². The molecule has 0 fully saturated rings. The number of rotatable bonds is 2. The van der Waals surface area contributed by atoms with Crippen LogP contribution in [0.25, 0.3) is 0 Å². The normalized spacial score (nSPS) is 11.2. The number of hydrogen-bond acceptors (Lipinski definition) is 1. The van der Waals surface area contributed by atoms with Crippen LogP contribution in [-0.4, -0.2) is 9.36 Å². The molecule has 0 unspecified atom stereocenters. The van der Waals surface area contributed by atoms with Gasteiger partial charge in [-0.3, -0.25) is 9.48 Å². The van der Waals surface area contributed by atoms with Crippen LogP contribution in [0.1, 0.15) is 19.5 Å². The van der Waals surface area contributed by atoms with Crippen molar-refractivity contribution in [2.45, 2.75) is 27.3 Å². The molecular weight excluding hydrogens is 279 g/mol. The van der Waals surface area contributed by atoms with Gasteiger partial charge in [-0.05, 0) is 35.4 Å². The van der Waals surface area contributed by atoms with E-state index in [0.717, 1.165) is 15.8 Å². The van der Waals surface area contributed by atoms with Crippen LogP contribution in [0.15, 0.2) is 4.79 Å². The molecule has 0 aliphatic carbocycles. The highest BCUT2D eigenvalue weighted by atomic mass is 127. The molecule has 4 heteroatoms. The molecule has 0 spiro atoms. The third kappa shape index (κ3) is 1.98. The molecule has 74 valence electrons. The first kappa shape index (κ1) is 10.8. The molecule has 0 aliphatic rings. The predicted octanol–water partition coefficient (Wildman–Crippen LogP) is 1.76. The lowest BCUT2D eigenvalue weighted by molar-refractivity contribution is 0.414. The maximum absolute atomic E-state index is 11.7. The lowest BCUT2D eigenvalue weighted by atomic mass is 10.2. The van der Waals surface area contributed by atoms with Crippen molar-refractivity contribution in [2.24, 2.45) is 13.0 Å². The Morgan fingerprint density at radius 3 is 2.31 bits per heavy atom. The Balaban J connectivity index is 3.22. The van der Waals surface area contributed by atoms with Gasteiger partial charge in [-0.1, -0.05) is 13.8 Å². The largest absolute Gasteiger partial charge is 0.289 e. The van der Waals surface area contributed by atoms with Gasteiger partial charge < -0.3 is 0 Å². The molecule has 1 aromatic heterocycles. The molecule has 0 bridgehead atoms. The standard InChI is InChI=1S/C9H15IN2O/c1-6(2)5-12-9(13)8(10)7(3)11(12)4/h6H,5H2,1-4H3. The molecule has 3 nitrogen and oxygen atoms in total. The second-order valence-electron chi connectivity index (χ2n) is 3.70. The highest BCUT2D eigenvalue weighted by Gasteiger charge is 2.12. The number of halogens is 1. The smallest absolute Gasteiger partial charge is 0.280 e. The van der Waals surface area contributed by atoms with Crippen LogP contribution in [0.3, 0.4) is 0 Å². The Morgan fingerprint density at radius 1 is 1.46 bits per heavy atom. The Labute approximate surface area is 91.9 Å². The molecule has 1 rings (SSSR count). The summed E-state index contributed by atoms with van der Waals surface area (Å²) in [6.07, 6.45) is 0. The average molecular weight is 294 g/mol. The SMILES string of the molecule is Cc1c(I)c(=O)n(CC(C)C)n1C. The van der Waals surface area contributed by atoms with Crippen LogP contribution in [0.4, 0.5) is 0 Å². The zero-order valence-electron chi connectivity index (χ0n) is 8.47. The van der Waals surface area contributed by atoms with Crippen LogP contribution in [0, 0.1) is 16.4 Å². The fraction of sp³-hybridized carbons (Fsp3) is 0.667. The topological polar surface area (TPSA) is 26.9 Å². The Kier molecular flexibility index (Phi) is 3.21. The monoisotopic (exact) mass is 294 g/mol. The van der Waals surface area contributed by atoms with E-state index in [2.05, 4.69) is 36.4 Å². The van der Waals surface area contributed by atoms with Crippen molar-refractivity contribution < 1.29 is 0 Å². The van der Waals surface area contributed by atoms with E-state index in [9.17, 15) is 4.79 Å². The van der Waals surface area contributed by atoms with Crippen LogP contribution < -0.4 is 5.56 Å². The number of nitrogens with zero attached hydrogens (tertiary/aromatic N) is 2. The minimum absolute atomic E-state index is 0.134. The summed E-state index contributed by atoms with van der Waals surface area (Å²) in [5, 5.41) is 0. The summed E-state index contributed by atoms with van der Waals surface area (Å²) >= 11 is 2.11. The molecule has 13 heavy (non-hydrogen) atoms. The van der Waals surface area contributed by atoms with Gasteiger partial charge in [0.05, 0.1) is 5.69 Å². The average Bonchev–Trinajstić information content (AvgIpc) is 2.22. The lowest BCUT2D eigenvalue weighted by Crippen LogP contribution is -2.24. The van der Waals surface area contributed by atoms with Gasteiger partial charge in [-0.2, -0.15) is 0 Å². The van der Waals surface area contributed by atoms with Crippen molar-refractivity contribution in [1.82, 2.24) is 9.36 Å². The first-order chi connectivity index (χ1) is 5.95. The fourth-order valence-electron chi connectivity index (χ4n) is 1.28. The van der Waals surface area contributed by atoms with Crippen molar-refractivity contribution in [1.29, 1.82) is 0 Å². The molecule has 0 atom stereocenters. The summed E-state index contributed by atoms with van der Waals surface area (Å²) in [5.41, 5.74) is 1.18. The van der Waals surface area contributed by atoms with Gasteiger partial charge in [0.15, 0.2) is 0 Å². The highest BCUT2D eigenvalue weighted by Crippen LogP contribution is 2.07. The molecule has 0 amide bonds. The summed E-state index contributed by atoms with van der Waals surface area (Å²) < 4.78 is 4.56. The maximum Gasteiger partial charge on any atom is 0.280 e. The van der Waals surface area contributed by atoms with E-state index in [1.54, 1.807) is 4.68 Å². The fourth-order valence-corrected chi connectivity index (χ4v) is 1.91. The summed E-state index contributed by atoms with van der Waals surface area (Å²) in [6.45, 7) is 6.99.